The molecule has 0 saturated heterocycles. The minimum Gasteiger partial charge on any atom is -0.507 e. The van der Waals surface area contributed by atoms with Crippen LogP contribution >= 0.6 is 11.8 Å². The van der Waals surface area contributed by atoms with E-state index in [2.05, 4.69) is 41.5 Å². The number of rotatable bonds is 3. The van der Waals surface area contributed by atoms with Gasteiger partial charge in [0.05, 0.1) is 5.25 Å². The minimum absolute atomic E-state index is 0.0739. The Labute approximate surface area is 133 Å². The lowest BCUT2D eigenvalue weighted by Crippen LogP contribution is -2.21. The van der Waals surface area contributed by atoms with E-state index in [4.69, 9.17) is 0 Å². The predicted molar refractivity (Wildman–Crippen MR) is 92.8 cm³/mol. The van der Waals surface area contributed by atoms with Crippen molar-refractivity contribution in [3.8, 4) is 5.75 Å². The zero-order valence-corrected chi connectivity index (χ0v) is 15.3. The fourth-order valence-electron chi connectivity index (χ4n) is 2.26. The Balaban J connectivity index is 3.59. The van der Waals surface area contributed by atoms with E-state index in [1.807, 2.05) is 25.3 Å². The topological polar surface area (TPSA) is 37.3 Å². The van der Waals surface area contributed by atoms with Crippen LogP contribution in [0.4, 0.5) is 0 Å². The molecule has 0 aliphatic rings. The molecule has 0 aliphatic heterocycles. The van der Waals surface area contributed by atoms with Gasteiger partial charge in [-0.2, -0.15) is 11.8 Å². The van der Waals surface area contributed by atoms with Gasteiger partial charge in [0.15, 0.2) is 5.78 Å². The molecule has 0 fully saturated rings. The monoisotopic (exact) mass is 308 g/mol. The lowest BCUT2D eigenvalue weighted by atomic mass is 9.78. The smallest absolute Gasteiger partial charge is 0.175 e. The predicted octanol–water partition coefficient (Wildman–Crippen LogP) is 4.92. The molecular weight excluding hydrogens is 280 g/mol. The molecule has 0 aliphatic carbocycles. The SMILES string of the molecule is CSC(C)C(=O)c1cc(C(C)(C)C)c(O)c(C(C)(C)C)c1. The van der Waals surface area contributed by atoms with Crippen molar-refractivity contribution in [1.82, 2.24) is 0 Å². The molecule has 1 unspecified atom stereocenters. The lowest BCUT2D eigenvalue weighted by molar-refractivity contribution is 0.0994. The normalized spacial score (nSPS) is 14.1. The second kappa shape index (κ2) is 6.04. The second-order valence-electron chi connectivity index (χ2n) is 7.66. The van der Waals surface area contributed by atoms with Gasteiger partial charge in [-0.25, -0.2) is 0 Å². The average molecular weight is 308 g/mol. The molecule has 0 radical (unpaired) electrons. The van der Waals surface area contributed by atoms with Gasteiger partial charge in [0, 0.05) is 16.7 Å². The standard InChI is InChI=1S/C18H28O2S/c1-11(21-8)15(19)12-9-13(17(2,3)4)16(20)14(10-12)18(5,6)7/h9-11,20H,1-8H3. The molecule has 0 aromatic heterocycles. The van der Waals surface area contributed by atoms with Crippen LogP contribution in [-0.2, 0) is 10.8 Å². The molecular formula is C18H28O2S. The third-order valence-corrected chi connectivity index (χ3v) is 4.65. The van der Waals surface area contributed by atoms with Gasteiger partial charge < -0.3 is 5.11 Å². The molecule has 1 N–H and O–H groups in total. The van der Waals surface area contributed by atoms with E-state index in [9.17, 15) is 9.90 Å². The number of benzene rings is 1. The van der Waals surface area contributed by atoms with E-state index >= 15 is 0 Å². The third kappa shape index (κ3) is 4.03. The maximum absolute atomic E-state index is 12.5. The van der Waals surface area contributed by atoms with Crippen LogP contribution in [0.3, 0.4) is 0 Å². The van der Waals surface area contributed by atoms with Gasteiger partial charge in [-0.15, -0.1) is 0 Å². The first-order chi connectivity index (χ1) is 9.39. The summed E-state index contributed by atoms with van der Waals surface area (Å²) in [5.74, 6) is 0.446. The Bertz CT molecular complexity index is 498. The van der Waals surface area contributed by atoms with E-state index in [-0.39, 0.29) is 21.9 Å². The molecule has 21 heavy (non-hydrogen) atoms. The first-order valence-electron chi connectivity index (χ1n) is 7.34. The van der Waals surface area contributed by atoms with Gasteiger partial charge in [-0.05, 0) is 36.1 Å². The fraction of sp³-hybridized carbons (Fsp3) is 0.611. The zero-order chi connectivity index (χ0) is 16.6. The fourth-order valence-corrected chi connectivity index (χ4v) is 2.61. The number of hydrogen-bond acceptors (Lipinski definition) is 3. The van der Waals surface area contributed by atoms with Crippen LogP contribution in [0, 0.1) is 0 Å². The van der Waals surface area contributed by atoms with E-state index in [0.29, 0.717) is 11.3 Å². The summed E-state index contributed by atoms with van der Waals surface area (Å²) in [6.45, 7) is 14.3. The van der Waals surface area contributed by atoms with Crippen LogP contribution in [0.5, 0.6) is 5.75 Å². The van der Waals surface area contributed by atoms with Crippen LogP contribution in [0.1, 0.15) is 70.0 Å². The third-order valence-electron chi connectivity index (χ3n) is 3.73. The first-order valence-corrected chi connectivity index (χ1v) is 8.63. The van der Waals surface area contributed by atoms with Gasteiger partial charge in [-0.3, -0.25) is 4.79 Å². The Morgan fingerprint density at radius 2 is 1.43 bits per heavy atom. The highest BCUT2D eigenvalue weighted by molar-refractivity contribution is 7.99. The van der Waals surface area contributed by atoms with Crippen molar-refractivity contribution in [3.63, 3.8) is 0 Å². The lowest BCUT2D eigenvalue weighted by Gasteiger charge is -2.28. The molecule has 0 bridgehead atoms. The van der Waals surface area contributed by atoms with Crippen LogP contribution < -0.4 is 0 Å². The summed E-state index contributed by atoms with van der Waals surface area (Å²) >= 11 is 1.55. The summed E-state index contributed by atoms with van der Waals surface area (Å²) in [5.41, 5.74) is 1.97. The Kier molecular flexibility index (Phi) is 5.20. The van der Waals surface area contributed by atoms with Crippen LogP contribution in [-0.4, -0.2) is 22.4 Å². The van der Waals surface area contributed by atoms with Crippen molar-refractivity contribution in [2.45, 2.75) is 64.5 Å². The highest BCUT2D eigenvalue weighted by Gasteiger charge is 2.28. The summed E-state index contributed by atoms with van der Waals surface area (Å²) < 4.78 is 0. The molecule has 3 heteroatoms. The number of ketones is 1. The van der Waals surface area contributed by atoms with Gasteiger partial charge in [-0.1, -0.05) is 41.5 Å². The number of thioether (sulfide) groups is 1. The van der Waals surface area contributed by atoms with Crippen molar-refractivity contribution < 1.29 is 9.90 Å². The number of phenolic OH excluding ortho intramolecular Hbond substituents is 1. The average Bonchev–Trinajstić information content (AvgIpc) is 2.34. The molecule has 1 aromatic rings. The van der Waals surface area contributed by atoms with Gasteiger partial charge in [0.1, 0.15) is 5.75 Å². The number of carbonyl (C=O) groups excluding carboxylic acids is 1. The van der Waals surface area contributed by atoms with Crippen LogP contribution in [0.25, 0.3) is 0 Å². The van der Waals surface area contributed by atoms with Gasteiger partial charge in [0.25, 0.3) is 0 Å². The van der Waals surface area contributed by atoms with E-state index in [1.165, 1.54) is 0 Å². The van der Waals surface area contributed by atoms with Crippen molar-refractivity contribution in [2.24, 2.45) is 0 Å². The molecule has 2 nitrogen and oxygen atoms in total. The zero-order valence-electron chi connectivity index (χ0n) is 14.5. The summed E-state index contributed by atoms with van der Waals surface area (Å²) in [7, 11) is 0. The molecule has 0 heterocycles. The Hall–Kier alpha value is -0.960. The quantitative estimate of drug-likeness (QED) is 0.805. The highest BCUT2D eigenvalue weighted by atomic mass is 32.2. The second-order valence-corrected chi connectivity index (χ2v) is 8.84. The molecule has 0 spiro atoms. The van der Waals surface area contributed by atoms with E-state index < -0.39 is 0 Å². The van der Waals surface area contributed by atoms with Crippen molar-refractivity contribution in [1.29, 1.82) is 0 Å². The van der Waals surface area contributed by atoms with Crippen molar-refractivity contribution >= 4 is 17.5 Å². The van der Waals surface area contributed by atoms with Crippen LogP contribution in [0.15, 0.2) is 12.1 Å². The maximum Gasteiger partial charge on any atom is 0.175 e. The number of Topliss-reactive ketones (excluding diaryl/α,β-unsaturated/α-hetero) is 1. The van der Waals surface area contributed by atoms with Crippen LogP contribution in [0.2, 0.25) is 0 Å². The number of hydrogen-bond donors (Lipinski definition) is 1. The number of carbonyl (C=O) groups is 1. The number of phenols is 1. The summed E-state index contributed by atoms with van der Waals surface area (Å²) in [5, 5.41) is 10.6. The van der Waals surface area contributed by atoms with Gasteiger partial charge >= 0.3 is 0 Å². The van der Waals surface area contributed by atoms with E-state index in [1.54, 1.807) is 11.8 Å². The van der Waals surface area contributed by atoms with Gasteiger partial charge in [0.2, 0.25) is 0 Å². The van der Waals surface area contributed by atoms with Crippen molar-refractivity contribution in [2.75, 3.05) is 6.26 Å². The maximum atomic E-state index is 12.5. The summed E-state index contributed by atoms with van der Waals surface area (Å²) in [6.07, 6.45) is 1.94. The molecule has 1 atom stereocenters. The minimum atomic E-state index is -0.205. The first kappa shape index (κ1) is 18.1. The highest BCUT2D eigenvalue weighted by Crippen LogP contribution is 2.40. The number of aromatic hydroxyl groups is 1. The van der Waals surface area contributed by atoms with Crippen molar-refractivity contribution in [3.05, 3.63) is 28.8 Å². The molecule has 118 valence electrons. The summed E-state index contributed by atoms with van der Waals surface area (Å²) in [6, 6.07) is 3.72. The molecule has 1 rings (SSSR count). The molecule has 0 saturated carbocycles. The van der Waals surface area contributed by atoms with E-state index in [0.717, 1.165) is 11.1 Å². The Morgan fingerprint density at radius 1 is 1.05 bits per heavy atom. The molecule has 1 aromatic carbocycles. The largest absolute Gasteiger partial charge is 0.507 e. The summed E-state index contributed by atoms with van der Waals surface area (Å²) in [4.78, 5) is 12.5. The Morgan fingerprint density at radius 3 is 1.71 bits per heavy atom. The molecule has 0 amide bonds.